The van der Waals surface area contributed by atoms with Crippen LogP contribution in [-0.2, 0) is 9.84 Å². The molecule has 6 nitrogen and oxygen atoms in total. The summed E-state index contributed by atoms with van der Waals surface area (Å²) >= 11 is 0. The van der Waals surface area contributed by atoms with E-state index in [1.54, 1.807) is 30.3 Å². The van der Waals surface area contributed by atoms with Gasteiger partial charge in [-0.2, -0.15) is 5.26 Å². The summed E-state index contributed by atoms with van der Waals surface area (Å²) in [5.74, 6) is 0.544. The van der Waals surface area contributed by atoms with Crippen molar-refractivity contribution in [1.82, 2.24) is 9.97 Å². The molecule has 0 saturated heterocycles. The zero-order valence-corrected chi connectivity index (χ0v) is 12.9. The smallest absolute Gasteiger partial charge is 0.230 e. The van der Waals surface area contributed by atoms with E-state index in [0.29, 0.717) is 22.2 Å². The largest absolute Gasteiger partial charge is 0.437 e. The van der Waals surface area contributed by atoms with E-state index in [9.17, 15) is 8.42 Å². The van der Waals surface area contributed by atoms with E-state index in [1.807, 2.05) is 6.07 Å². The minimum absolute atomic E-state index is 0.151. The van der Waals surface area contributed by atoms with E-state index in [1.165, 1.54) is 18.5 Å². The van der Waals surface area contributed by atoms with E-state index in [0.717, 1.165) is 6.26 Å². The molecule has 0 amide bonds. The van der Waals surface area contributed by atoms with E-state index in [4.69, 9.17) is 10.00 Å². The van der Waals surface area contributed by atoms with Gasteiger partial charge in [0.05, 0.1) is 21.4 Å². The molecule has 0 atom stereocenters. The summed E-state index contributed by atoms with van der Waals surface area (Å²) in [5.41, 5.74) is 0.912. The molecule has 0 aliphatic carbocycles. The quantitative estimate of drug-likeness (QED) is 0.735. The lowest BCUT2D eigenvalue weighted by Gasteiger charge is -2.09. The Bertz CT molecular complexity index is 1040. The highest BCUT2D eigenvalue weighted by atomic mass is 32.2. The van der Waals surface area contributed by atoms with Crippen LogP contribution in [0.5, 0.6) is 11.6 Å². The van der Waals surface area contributed by atoms with Gasteiger partial charge in [-0.15, -0.1) is 0 Å². The Morgan fingerprint density at radius 1 is 1.13 bits per heavy atom. The van der Waals surface area contributed by atoms with Crippen molar-refractivity contribution < 1.29 is 13.2 Å². The van der Waals surface area contributed by atoms with Crippen LogP contribution in [0.3, 0.4) is 0 Å². The molecule has 0 aliphatic rings. The Morgan fingerprint density at radius 2 is 1.91 bits per heavy atom. The maximum absolute atomic E-state index is 11.7. The summed E-state index contributed by atoms with van der Waals surface area (Å²) in [7, 11) is -3.36. The van der Waals surface area contributed by atoms with E-state index in [-0.39, 0.29) is 10.8 Å². The Morgan fingerprint density at radius 3 is 2.65 bits per heavy atom. The number of fused-ring (bicyclic) bond motifs is 1. The average molecular weight is 325 g/mol. The fourth-order valence-corrected chi connectivity index (χ4v) is 2.72. The molecule has 114 valence electrons. The molecule has 2 aromatic carbocycles. The average Bonchev–Trinajstić information content (AvgIpc) is 2.54. The summed E-state index contributed by atoms with van der Waals surface area (Å²) in [5, 5.41) is 9.58. The van der Waals surface area contributed by atoms with Crippen LogP contribution in [0.15, 0.2) is 53.7 Å². The van der Waals surface area contributed by atoms with Gasteiger partial charge in [-0.05, 0) is 30.3 Å². The first kappa shape index (κ1) is 14.9. The van der Waals surface area contributed by atoms with Crippen molar-refractivity contribution in [2.45, 2.75) is 4.90 Å². The first-order valence-electron chi connectivity index (χ1n) is 6.61. The Hall–Kier alpha value is -2.98. The van der Waals surface area contributed by atoms with Gasteiger partial charge in [0.15, 0.2) is 9.84 Å². The summed E-state index contributed by atoms with van der Waals surface area (Å²) in [6.45, 7) is 0. The highest BCUT2D eigenvalue weighted by molar-refractivity contribution is 7.90. The van der Waals surface area contributed by atoms with Gasteiger partial charge in [-0.25, -0.2) is 18.4 Å². The fraction of sp³-hybridized carbons (Fsp3) is 0.0625. The molecule has 1 aromatic heterocycles. The van der Waals surface area contributed by atoms with Gasteiger partial charge in [-0.1, -0.05) is 12.1 Å². The highest BCUT2D eigenvalue weighted by Gasteiger charge is 2.13. The third-order valence-electron chi connectivity index (χ3n) is 3.21. The molecule has 0 saturated carbocycles. The number of ether oxygens (including phenoxy) is 1. The van der Waals surface area contributed by atoms with Crippen LogP contribution in [0, 0.1) is 11.3 Å². The SMILES string of the molecule is CS(=O)(=O)c1ccc2ncnc(Oc3ccccc3C#N)c2c1. The van der Waals surface area contributed by atoms with Crippen LogP contribution in [0.4, 0.5) is 0 Å². The van der Waals surface area contributed by atoms with Crippen LogP contribution in [0.2, 0.25) is 0 Å². The molecular weight excluding hydrogens is 314 g/mol. The minimum atomic E-state index is -3.36. The van der Waals surface area contributed by atoms with Gasteiger partial charge in [0.1, 0.15) is 18.1 Å². The molecule has 1 heterocycles. The highest BCUT2D eigenvalue weighted by Crippen LogP contribution is 2.30. The summed E-state index contributed by atoms with van der Waals surface area (Å²) < 4.78 is 29.2. The maximum atomic E-state index is 11.7. The number of rotatable bonds is 3. The third kappa shape index (κ3) is 2.98. The molecule has 0 N–H and O–H groups in total. The Balaban J connectivity index is 2.16. The lowest BCUT2D eigenvalue weighted by Crippen LogP contribution is -1.98. The number of nitriles is 1. The second-order valence-electron chi connectivity index (χ2n) is 4.84. The number of benzene rings is 2. The topological polar surface area (TPSA) is 92.9 Å². The van der Waals surface area contributed by atoms with Crippen LogP contribution >= 0.6 is 0 Å². The molecule has 0 bridgehead atoms. The predicted octanol–water partition coefficient (Wildman–Crippen LogP) is 2.70. The number of nitrogens with zero attached hydrogens (tertiary/aromatic N) is 3. The molecule has 3 rings (SSSR count). The molecule has 0 radical (unpaired) electrons. The van der Waals surface area contributed by atoms with Crippen molar-refractivity contribution in [3.8, 4) is 17.7 Å². The second-order valence-corrected chi connectivity index (χ2v) is 6.86. The lowest BCUT2D eigenvalue weighted by molar-refractivity contribution is 0.466. The first-order chi connectivity index (χ1) is 11.0. The monoisotopic (exact) mass is 325 g/mol. The van der Waals surface area contributed by atoms with Crippen molar-refractivity contribution in [3.05, 3.63) is 54.4 Å². The molecule has 3 aromatic rings. The predicted molar refractivity (Wildman–Crippen MR) is 83.9 cm³/mol. The molecule has 7 heteroatoms. The Labute approximate surface area is 132 Å². The Kier molecular flexibility index (Phi) is 3.68. The number of aromatic nitrogens is 2. The molecule has 0 fully saturated rings. The van der Waals surface area contributed by atoms with Gasteiger partial charge < -0.3 is 4.74 Å². The van der Waals surface area contributed by atoms with Gasteiger partial charge in [0.25, 0.3) is 0 Å². The van der Waals surface area contributed by atoms with Crippen LogP contribution in [0.25, 0.3) is 10.9 Å². The number of hydrogen-bond acceptors (Lipinski definition) is 6. The molecule has 0 spiro atoms. The van der Waals surface area contributed by atoms with Crippen LogP contribution in [-0.4, -0.2) is 24.6 Å². The van der Waals surface area contributed by atoms with E-state index >= 15 is 0 Å². The molecule has 0 unspecified atom stereocenters. The summed E-state index contributed by atoms with van der Waals surface area (Å²) in [6, 6.07) is 13.3. The van der Waals surface area contributed by atoms with Gasteiger partial charge in [0.2, 0.25) is 5.88 Å². The van der Waals surface area contributed by atoms with Crippen molar-refractivity contribution >= 4 is 20.7 Å². The number of hydrogen-bond donors (Lipinski definition) is 0. The number of sulfone groups is 1. The standard InChI is InChI=1S/C16H11N3O3S/c1-23(20,21)12-6-7-14-13(8-12)16(19-10-18-14)22-15-5-3-2-4-11(15)9-17/h2-8,10H,1H3. The minimum Gasteiger partial charge on any atom is -0.437 e. The van der Waals surface area contributed by atoms with Crippen molar-refractivity contribution in [1.29, 1.82) is 5.26 Å². The molecule has 0 aliphatic heterocycles. The van der Waals surface area contributed by atoms with Gasteiger partial charge in [0, 0.05) is 6.26 Å². The van der Waals surface area contributed by atoms with Crippen molar-refractivity contribution in [2.24, 2.45) is 0 Å². The maximum Gasteiger partial charge on any atom is 0.230 e. The van der Waals surface area contributed by atoms with Crippen LogP contribution < -0.4 is 4.74 Å². The van der Waals surface area contributed by atoms with Crippen LogP contribution in [0.1, 0.15) is 5.56 Å². The fourth-order valence-electron chi connectivity index (χ4n) is 2.08. The van der Waals surface area contributed by atoms with Gasteiger partial charge >= 0.3 is 0 Å². The van der Waals surface area contributed by atoms with Crippen molar-refractivity contribution in [2.75, 3.05) is 6.26 Å². The van der Waals surface area contributed by atoms with Gasteiger partial charge in [-0.3, -0.25) is 0 Å². The first-order valence-corrected chi connectivity index (χ1v) is 8.50. The second kappa shape index (κ2) is 5.66. The lowest BCUT2D eigenvalue weighted by atomic mass is 10.2. The normalized spacial score (nSPS) is 11.1. The number of para-hydroxylation sites is 1. The zero-order chi connectivity index (χ0) is 16.4. The molecule has 23 heavy (non-hydrogen) atoms. The molecular formula is C16H11N3O3S. The van der Waals surface area contributed by atoms with E-state index < -0.39 is 9.84 Å². The third-order valence-corrected chi connectivity index (χ3v) is 4.32. The van der Waals surface area contributed by atoms with Crippen molar-refractivity contribution in [3.63, 3.8) is 0 Å². The zero-order valence-electron chi connectivity index (χ0n) is 12.1. The summed E-state index contributed by atoms with van der Waals surface area (Å²) in [4.78, 5) is 8.31. The summed E-state index contributed by atoms with van der Waals surface area (Å²) in [6.07, 6.45) is 2.45. The van der Waals surface area contributed by atoms with E-state index in [2.05, 4.69) is 9.97 Å².